The van der Waals surface area contributed by atoms with Crippen LogP contribution in [0.15, 0.2) is 0 Å². The summed E-state index contributed by atoms with van der Waals surface area (Å²) < 4.78 is 10.9. The normalized spacial score (nSPS) is 11.2. The van der Waals surface area contributed by atoms with Crippen LogP contribution >= 0.6 is 11.6 Å². The summed E-state index contributed by atoms with van der Waals surface area (Å²) >= 11 is 5.60. The number of rotatable bonds is 16. The first-order valence-corrected chi connectivity index (χ1v) is 8.66. The van der Waals surface area contributed by atoms with Crippen molar-refractivity contribution in [2.75, 3.05) is 38.9 Å². The molecule has 0 spiro atoms. The lowest BCUT2D eigenvalue weighted by atomic mass is 10.2. The van der Waals surface area contributed by atoms with Gasteiger partial charge in [0.1, 0.15) is 5.78 Å². The van der Waals surface area contributed by atoms with Gasteiger partial charge in [-0.3, -0.25) is 4.79 Å². The van der Waals surface area contributed by atoms with E-state index < -0.39 is 0 Å². The molecule has 0 radical (unpaired) electrons. The van der Waals surface area contributed by atoms with E-state index in [1.54, 1.807) is 0 Å². The minimum Gasteiger partial charge on any atom is -0.379 e. The summed E-state index contributed by atoms with van der Waals surface area (Å²) in [6.07, 6.45) is 5.92. The van der Waals surface area contributed by atoms with Crippen LogP contribution < -0.4 is 5.32 Å². The highest BCUT2D eigenvalue weighted by Gasteiger charge is 2.02. The number of halogens is 1. The summed E-state index contributed by atoms with van der Waals surface area (Å²) in [4.78, 5) is 11.5. The fraction of sp³-hybridized carbons (Fsp3) is 0.938. The number of hydrogen-bond acceptors (Lipinski definition) is 4. The second kappa shape index (κ2) is 16.2. The molecule has 1 N–H and O–H groups in total. The van der Waals surface area contributed by atoms with Gasteiger partial charge in [-0.15, -0.1) is 11.6 Å². The highest BCUT2D eigenvalue weighted by atomic mass is 35.5. The maximum Gasteiger partial charge on any atom is 0.146 e. The zero-order valence-corrected chi connectivity index (χ0v) is 14.4. The van der Waals surface area contributed by atoms with Crippen LogP contribution in [-0.2, 0) is 14.3 Å². The molecule has 21 heavy (non-hydrogen) atoms. The molecule has 0 saturated heterocycles. The van der Waals surface area contributed by atoms with Crippen LogP contribution in [0.1, 0.15) is 52.4 Å². The Balaban J connectivity index is 3.10. The Kier molecular flexibility index (Phi) is 16.1. The van der Waals surface area contributed by atoms with E-state index in [2.05, 4.69) is 5.32 Å². The summed E-state index contributed by atoms with van der Waals surface area (Å²) in [5.74, 6) is 1.01. The Morgan fingerprint density at radius 2 is 1.57 bits per heavy atom. The molecule has 4 nitrogen and oxygen atoms in total. The number of unbranched alkanes of at least 4 members (excludes halogenated alkanes) is 3. The largest absolute Gasteiger partial charge is 0.379 e. The first-order chi connectivity index (χ1) is 10.2. The van der Waals surface area contributed by atoms with Gasteiger partial charge in [-0.1, -0.05) is 26.7 Å². The van der Waals surface area contributed by atoms with E-state index in [1.165, 1.54) is 12.8 Å². The summed E-state index contributed by atoms with van der Waals surface area (Å²) in [7, 11) is 0. The third-order valence-corrected chi connectivity index (χ3v) is 3.26. The van der Waals surface area contributed by atoms with Crippen molar-refractivity contribution in [2.24, 2.45) is 0 Å². The molecule has 0 aliphatic rings. The third-order valence-electron chi connectivity index (χ3n) is 3.00. The molecule has 0 unspecified atom stereocenters. The Bertz CT molecular complexity index is 238. The molecule has 0 rings (SSSR count). The van der Waals surface area contributed by atoms with Gasteiger partial charge in [-0.05, 0) is 19.3 Å². The predicted molar refractivity (Wildman–Crippen MR) is 88.2 cm³/mol. The van der Waals surface area contributed by atoms with Crippen molar-refractivity contribution in [1.29, 1.82) is 0 Å². The van der Waals surface area contributed by atoms with Crippen LogP contribution in [0.5, 0.6) is 0 Å². The van der Waals surface area contributed by atoms with Crippen LogP contribution in [0.3, 0.4) is 0 Å². The van der Waals surface area contributed by atoms with E-state index in [-0.39, 0.29) is 5.78 Å². The quantitative estimate of drug-likeness (QED) is 0.350. The molecule has 0 aliphatic carbocycles. The molecular weight excluding hydrogens is 290 g/mol. The lowest BCUT2D eigenvalue weighted by Gasteiger charge is -2.07. The van der Waals surface area contributed by atoms with Gasteiger partial charge in [0.15, 0.2) is 0 Å². The molecule has 0 bridgehead atoms. The molecule has 0 aromatic rings. The van der Waals surface area contributed by atoms with Crippen molar-refractivity contribution < 1.29 is 14.3 Å². The van der Waals surface area contributed by atoms with Crippen molar-refractivity contribution in [1.82, 2.24) is 5.32 Å². The molecule has 0 aromatic carbocycles. The fourth-order valence-corrected chi connectivity index (χ4v) is 1.94. The van der Waals surface area contributed by atoms with Crippen LogP contribution in [-0.4, -0.2) is 50.7 Å². The summed E-state index contributed by atoms with van der Waals surface area (Å²) in [5.41, 5.74) is 0. The summed E-state index contributed by atoms with van der Waals surface area (Å²) in [6.45, 7) is 7.21. The van der Waals surface area contributed by atoms with E-state index in [0.717, 1.165) is 31.7 Å². The Labute approximate surface area is 134 Å². The summed E-state index contributed by atoms with van der Waals surface area (Å²) in [5, 5.41) is 3.12. The average molecular weight is 322 g/mol. The molecule has 5 heteroatoms. The maximum atomic E-state index is 11.5. The van der Waals surface area contributed by atoms with E-state index in [1.807, 2.05) is 13.8 Å². The molecular formula is C16H32ClNO3. The summed E-state index contributed by atoms with van der Waals surface area (Å²) in [6, 6.07) is 0.359. The van der Waals surface area contributed by atoms with Crippen LogP contribution in [0, 0.1) is 0 Å². The highest BCUT2D eigenvalue weighted by Crippen LogP contribution is 2.01. The molecule has 0 fully saturated rings. The Morgan fingerprint density at radius 3 is 2.19 bits per heavy atom. The number of ketones is 1. The monoisotopic (exact) mass is 321 g/mol. The molecule has 0 amide bonds. The van der Waals surface area contributed by atoms with Crippen molar-refractivity contribution in [2.45, 2.75) is 58.4 Å². The SMILES string of the molecule is CC(C)NCC(=O)CCCOCCOCCCCCCCl. The number of carbonyl (C=O) groups excluding carboxylic acids is 1. The lowest BCUT2D eigenvalue weighted by Crippen LogP contribution is -2.29. The zero-order chi connectivity index (χ0) is 15.8. The van der Waals surface area contributed by atoms with Crippen molar-refractivity contribution in [3.8, 4) is 0 Å². The standard InChI is InChI=1S/C16H32ClNO3/c1-15(2)18-14-16(19)8-7-11-21-13-12-20-10-6-4-3-5-9-17/h15,18H,3-14H2,1-2H3. The van der Waals surface area contributed by atoms with Gasteiger partial charge >= 0.3 is 0 Å². The minimum absolute atomic E-state index is 0.250. The van der Waals surface area contributed by atoms with Gasteiger partial charge in [0, 0.05) is 31.6 Å². The smallest absolute Gasteiger partial charge is 0.146 e. The molecule has 0 aromatic heterocycles. The number of nitrogens with one attached hydrogen (secondary N) is 1. The third kappa shape index (κ3) is 17.8. The van der Waals surface area contributed by atoms with Crippen molar-refractivity contribution in [3.63, 3.8) is 0 Å². The van der Waals surface area contributed by atoms with Crippen LogP contribution in [0.4, 0.5) is 0 Å². The van der Waals surface area contributed by atoms with Crippen LogP contribution in [0.25, 0.3) is 0 Å². The van der Waals surface area contributed by atoms with E-state index in [4.69, 9.17) is 21.1 Å². The van der Waals surface area contributed by atoms with Gasteiger partial charge in [0.25, 0.3) is 0 Å². The molecule has 126 valence electrons. The first kappa shape index (κ1) is 20.8. The van der Waals surface area contributed by atoms with Gasteiger partial charge in [0.2, 0.25) is 0 Å². The number of Topliss-reactive ketones (excluding diaryl/α,β-unsaturated/α-hetero) is 1. The minimum atomic E-state index is 0.250. The number of alkyl halides is 1. The van der Waals surface area contributed by atoms with Crippen molar-refractivity contribution >= 4 is 17.4 Å². The van der Waals surface area contributed by atoms with Gasteiger partial charge in [-0.25, -0.2) is 0 Å². The van der Waals surface area contributed by atoms with E-state index >= 15 is 0 Å². The Morgan fingerprint density at radius 1 is 0.952 bits per heavy atom. The fourth-order valence-electron chi connectivity index (χ4n) is 1.75. The lowest BCUT2D eigenvalue weighted by molar-refractivity contribution is -0.118. The van der Waals surface area contributed by atoms with E-state index in [9.17, 15) is 4.79 Å². The van der Waals surface area contributed by atoms with Crippen LogP contribution in [0.2, 0.25) is 0 Å². The highest BCUT2D eigenvalue weighted by molar-refractivity contribution is 6.17. The second-order valence-corrected chi connectivity index (χ2v) is 5.88. The van der Waals surface area contributed by atoms with E-state index in [0.29, 0.717) is 38.8 Å². The van der Waals surface area contributed by atoms with Gasteiger partial charge in [0.05, 0.1) is 19.8 Å². The molecule has 0 atom stereocenters. The van der Waals surface area contributed by atoms with Gasteiger partial charge in [-0.2, -0.15) is 0 Å². The zero-order valence-electron chi connectivity index (χ0n) is 13.7. The average Bonchev–Trinajstić information content (AvgIpc) is 2.46. The van der Waals surface area contributed by atoms with Crippen molar-refractivity contribution in [3.05, 3.63) is 0 Å². The molecule has 0 aliphatic heterocycles. The maximum absolute atomic E-state index is 11.5. The topological polar surface area (TPSA) is 47.6 Å². The molecule has 0 heterocycles. The predicted octanol–water partition coefficient (Wildman–Crippen LogP) is 3.17. The Hall–Kier alpha value is -0.160. The number of hydrogen-bond donors (Lipinski definition) is 1. The number of carbonyl (C=O) groups is 1. The number of ether oxygens (including phenoxy) is 2. The molecule has 0 saturated carbocycles. The first-order valence-electron chi connectivity index (χ1n) is 8.13. The second-order valence-electron chi connectivity index (χ2n) is 5.51. The van der Waals surface area contributed by atoms with Gasteiger partial charge < -0.3 is 14.8 Å².